The Morgan fingerprint density at radius 2 is 2.15 bits per heavy atom. The molecule has 0 bridgehead atoms. The second-order valence-corrected chi connectivity index (χ2v) is 5.71. The maximum atomic E-state index is 10.8. The molecule has 0 aromatic carbocycles. The van der Waals surface area contributed by atoms with Gasteiger partial charge >= 0.3 is 0 Å². The van der Waals surface area contributed by atoms with Gasteiger partial charge < -0.3 is 10.4 Å². The van der Waals surface area contributed by atoms with Gasteiger partial charge in [-0.15, -0.1) is 0 Å². The van der Waals surface area contributed by atoms with Gasteiger partial charge in [-0.25, -0.2) is 8.42 Å². The van der Waals surface area contributed by atoms with Crippen LogP contribution in [0.25, 0.3) is 0 Å². The summed E-state index contributed by atoms with van der Waals surface area (Å²) in [5, 5.41) is 11.9. The summed E-state index contributed by atoms with van der Waals surface area (Å²) < 4.78 is 21.7. The molecule has 0 aliphatic carbocycles. The van der Waals surface area contributed by atoms with Crippen LogP contribution in [0.15, 0.2) is 0 Å². The van der Waals surface area contributed by atoms with Gasteiger partial charge in [0.05, 0.1) is 11.5 Å². The van der Waals surface area contributed by atoms with E-state index in [0.29, 0.717) is 6.42 Å². The van der Waals surface area contributed by atoms with Crippen molar-refractivity contribution in [2.45, 2.75) is 31.8 Å². The zero-order valence-corrected chi connectivity index (χ0v) is 8.68. The minimum absolute atomic E-state index is 0.112. The van der Waals surface area contributed by atoms with Gasteiger partial charge in [-0.1, -0.05) is 6.92 Å². The molecule has 0 aromatic heterocycles. The van der Waals surface area contributed by atoms with Crippen LogP contribution < -0.4 is 5.32 Å². The summed E-state index contributed by atoms with van der Waals surface area (Å²) in [7, 11) is -2.72. The third kappa shape index (κ3) is 3.25. The average molecular weight is 207 g/mol. The summed E-state index contributed by atoms with van der Waals surface area (Å²) >= 11 is 0. The average Bonchev–Trinajstić information content (AvgIpc) is 2.00. The van der Waals surface area contributed by atoms with E-state index in [2.05, 4.69) is 5.32 Å². The van der Waals surface area contributed by atoms with Crippen LogP contribution in [0.5, 0.6) is 0 Å². The highest BCUT2D eigenvalue weighted by Crippen LogP contribution is 2.12. The fraction of sp³-hybridized carbons (Fsp3) is 1.00. The topological polar surface area (TPSA) is 66.4 Å². The fourth-order valence-corrected chi connectivity index (χ4v) is 2.88. The first kappa shape index (κ1) is 10.9. The lowest BCUT2D eigenvalue weighted by Gasteiger charge is -2.30. The van der Waals surface area contributed by atoms with Crippen LogP contribution >= 0.6 is 0 Å². The van der Waals surface area contributed by atoms with E-state index < -0.39 is 9.84 Å². The van der Waals surface area contributed by atoms with Crippen LogP contribution in [-0.4, -0.2) is 43.7 Å². The fourth-order valence-electron chi connectivity index (χ4n) is 1.55. The van der Waals surface area contributed by atoms with E-state index in [0.717, 1.165) is 6.42 Å². The molecule has 1 unspecified atom stereocenters. The molecule has 13 heavy (non-hydrogen) atoms. The molecule has 0 aromatic rings. The van der Waals surface area contributed by atoms with Gasteiger partial charge in [0.15, 0.2) is 9.84 Å². The van der Waals surface area contributed by atoms with Crippen LogP contribution in [0.1, 0.15) is 19.8 Å². The molecule has 1 heterocycles. The number of aliphatic hydroxyl groups excluding tert-OH is 1. The Balaban J connectivity index is 2.25. The summed E-state index contributed by atoms with van der Waals surface area (Å²) in [5.41, 5.74) is 0. The van der Waals surface area contributed by atoms with Crippen molar-refractivity contribution in [3.05, 3.63) is 0 Å². The Labute approximate surface area is 79.3 Å². The van der Waals surface area contributed by atoms with Gasteiger partial charge in [-0.3, -0.25) is 0 Å². The van der Waals surface area contributed by atoms with Crippen molar-refractivity contribution in [1.82, 2.24) is 5.32 Å². The number of sulfone groups is 1. The van der Waals surface area contributed by atoms with Crippen molar-refractivity contribution in [1.29, 1.82) is 0 Å². The van der Waals surface area contributed by atoms with E-state index in [4.69, 9.17) is 5.11 Å². The molecule has 4 nitrogen and oxygen atoms in total. The Morgan fingerprint density at radius 1 is 1.54 bits per heavy atom. The van der Waals surface area contributed by atoms with Gasteiger partial charge in [0.1, 0.15) is 0 Å². The highest BCUT2D eigenvalue weighted by molar-refractivity contribution is 7.92. The first-order valence-electron chi connectivity index (χ1n) is 4.64. The maximum Gasteiger partial charge on any atom is 0.153 e. The Kier molecular flexibility index (Phi) is 3.70. The molecule has 2 N–H and O–H groups in total. The largest absolute Gasteiger partial charge is 0.396 e. The molecule has 0 saturated carbocycles. The molecule has 0 amide bonds. The number of rotatable bonds is 5. The van der Waals surface area contributed by atoms with Crippen LogP contribution in [0.3, 0.4) is 0 Å². The van der Waals surface area contributed by atoms with E-state index in [1.165, 1.54) is 0 Å². The molecule has 1 atom stereocenters. The summed E-state index contributed by atoms with van der Waals surface area (Å²) in [6.45, 7) is 2.19. The zero-order valence-electron chi connectivity index (χ0n) is 7.86. The number of aliphatic hydroxyl groups is 1. The molecule has 1 aliphatic rings. The Morgan fingerprint density at radius 3 is 2.54 bits per heavy atom. The molecule has 1 saturated heterocycles. The van der Waals surface area contributed by atoms with Gasteiger partial charge in [0, 0.05) is 18.7 Å². The monoisotopic (exact) mass is 207 g/mol. The van der Waals surface area contributed by atoms with Gasteiger partial charge in [-0.2, -0.15) is 0 Å². The van der Waals surface area contributed by atoms with Crippen molar-refractivity contribution < 1.29 is 13.5 Å². The molecule has 1 fully saturated rings. The lowest BCUT2D eigenvalue weighted by molar-refractivity contribution is 0.257. The molecule has 78 valence electrons. The molecule has 1 rings (SSSR count). The predicted octanol–water partition coefficient (Wildman–Crippen LogP) is -0.466. The Hall–Kier alpha value is -0.130. The SMILES string of the molecule is CCC(CCO)NC1CS(=O)(=O)C1. The molecule has 0 radical (unpaired) electrons. The van der Waals surface area contributed by atoms with Crippen molar-refractivity contribution in [2.24, 2.45) is 0 Å². The molecular formula is C8H17NO3S. The molecular weight excluding hydrogens is 190 g/mol. The van der Waals surface area contributed by atoms with E-state index >= 15 is 0 Å². The third-order valence-electron chi connectivity index (χ3n) is 2.35. The highest BCUT2D eigenvalue weighted by Gasteiger charge is 2.33. The van der Waals surface area contributed by atoms with Crippen LogP contribution in [0, 0.1) is 0 Å². The van der Waals surface area contributed by atoms with Crippen molar-refractivity contribution in [2.75, 3.05) is 18.1 Å². The molecule has 0 spiro atoms. The predicted molar refractivity (Wildman–Crippen MR) is 51.4 cm³/mol. The van der Waals surface area contributed by atoms with Gasteiger partial charge in [0.2, 0.25) is 0 Å². The molecule has 5 heteroatoms. The molecule has 1 aliphatic heterocycles. The first-order chi connectivity index (χ1) is 6.07. The van der Waals surface area contributed by atoms with Crippen LogP contribution in [0.2, 0.25) is 0 Å². The second-order valence-electron chi connectivity index (χ2n) is 3.56. The van der Waals surface area contributed by atoms with Gasteiger partial charge in [-0.05, 0) is 12.8 Å². The van der Waals surface area contributed by atoms with E-state index in [-0.39, 0.29) is 30.2 Å². The second kappa shape index (κ2) is 4.39. The summed E-state index contributed by atoms with van der Waals surface area (Å²) in [6.07, 6.45) is 1.63. The lowest BCUT2D eigenvalue weighted by atomic mass is 10.1. The summed E-state index contributed by atoms with van der Waals surface area (Å²) in [5.74, 6) is 0.518. The van der Waals surface area contributed by atoms with Crippen molar-refractivity contribution in [3.8, 4) is 0 Å². The van der Waals surface area contributed by atoms with E-state index in [1.54, 1.807) is 0 Å². The van der Waals surface area contributed by atoms with E-state index in [1.807, 2.05) is 6.92 Å². The smallest absolute Gasteiger partial charge is 0.153 e. The van der Waals surface area contributed by atoms with Crippen LogP contribution in [-0.2, 0) is 9.84 Å². The first-order valence-corrected chi connectivity index (χ1v) is 6.47. The van der Waals surface area contributed by atoms with Crippen LogP contribution in [0.4, 0.5) is 0 Å². The third-order valence-corrected chi connectivity index (χ3v) is 4.17. The minimum atomic E-state index is -2.72. The summed E-state index contributed by atoms with van der Waals surface area (Å²) in [4.78, 5) is 0. The highest BCUT2D eigenvalue weighted by atomic mass is 32.2. The van der Waals surface area contributed by atoms with Crippen molar-refractivity contribution in [3.63, 3.8) is 0 Å². The maximum absolute atomic E-state index is 10.8. The normalized spacial score (nSPS) is 23.8. The zero-order chi connectivity index (χ0) is 9.90. The van der Waals surface area contributed by atoms with E-state index in [9.17, 15) is 8.42 Å². The summed E-state index contributed by atoms with van der Waals surface area (Å²) in [6, 6.07) is 0.368. The number of hydrogen-bond acceptors (Lipinski definition) is 4. The minimum Gasteiger partial charge on any atom is -0.396 e. The quantitative estimate of drug-likeness (QED) is 0.640. The standard InChI is InChI=1S/C8H17NO3S/c1-2-7(3-4-10)9-8-5-13(11,12)6-8/h7-10H,2-6H2,1H3. The Bertz CT molecular complexity index is 238. The van der Waals surface area contributed by atoms with Gasteiger partial charge in [0.25, 0.3) is 0 Å². The van der Waals surface area contributed by atoms with Crippen molar-refractivity contribution >= 4 is 9.84 Å². The number of nitrogens with one attached hydrogen (secondary N) is 1. The number of hydrogen-bond donors (Lipinski definition) is 2. The lowest BCUT2D eigenvalue weighted by Crippen LogP contribution is -2.54.